The first-order chi connectivity index (χ1) is 11.0. The van der Waals surface area contributed by atoms with Crippen LogP contribution >= 0.6 is 35.0 Å². The van der Waals surface area contributed by atoms with E-state index >= 15 is 0 Å². The van der Waals surface area contributed by atoms with E-state index in [9.17, 15) is 4.79 Å². The summed E-state index contributed by atoms with van der Waals surface area (Å²) in [5.74, 6) is 0.666. The Kier molecular flexibility index (Phi) is 6.63. The molecule has 1 amide bonds. The van der Waals surface area contributed by atoms with Crippen LogP contribution in [-0.2, 0) is 11.3 Å². The molecule has 0 saturated heterocycles. The highest BCUT2D eigenvalue weighted by Gasteiger charge is 2.18. The second-order valence-corrected chi connectivity index (χ2v) is 7.01. The summed E-state index contributed by atoms with van der Waals surface area (Å²) in [6, 6.07) is 12.9. The molecule has 2 aromatic carbocycles. The van der Waals surface area contributed by atoms with Crippen LogP contribution in [0.3, 0.4) is 0 Å². The van der Waals surface area contributed by atoms with Gasteiger partial charge in [0.2, 0.25) is 5.91 Å². The molecule has 1 N–H and O–H groups in total. The molecule has 3 nitrogen and oxygen atoms in total. The van der Waals surface area contributed by atoms with Crippen molar-refractivity contribution in [3.63, 3.8) is 0 Å². The van der Waals surface area contributed by atoms with Gasteiger partial charge in [0.25, 0.3) is 0 Å². The number of amides is 1. The number of para-hydroxylation sites is 1. The van der Waals surface area contributed by atoms with E-state index < -0.39 is 0 Å². The number of methoxy groups -OCH3 is 1. The molecule has 0 spiro atoms. The Hall–Kier alpha value is -1.36. The van der Waals surface area contributed by atoms with Gasteiger partial charge < -0.3 is 10.1 Å². The van der Waals surface area contributed by atoms with E-state index in [1.54, 1.807) is 25.3 Å². The third-order valence-electron chi connectivity index (χ3n) is 3.23. The molecule has 0 aliphatic carbocycles. The van der Waals surface area contributed by atoms with Gasteiger partial charge in [0.15, 0.2) is 0 Å². The number of nitrogens with one attached hydrogen (secondary N) is 1. The summed E-state index contributed by atoms with van der Waals surface area (Å²) in [6.07, 6.45) is 0. The Balaban J connectivity index is 1.98. The third-order valence-corrected chi connectivity index (χ3v) is 5.33. The molecule has 0 radical (unpaired) electrons. The average molecular weight is 370 g/mol. The number of hydrogen-bond donors (Lipinski definition) is 1. The van der Waals surface area contributed by atoms with Gasteiger partial charge in [-0.05, 0) is 25.1 Å². The highest BCUT2D eigenvalue weighted by molar-refractivity contribution is 8.00. The van der Waals surface area contributed by atoms with Crippen LogP contribution in [0, 0.1) is 0 Å². The van der Waals surface area contributed by atoms with Gasteiger partial charge in [-0.2, -0.15) is 0 Å². The van der Waals surface area contributed by atoms with Crippen molar-refractivity contribution in [2.75, 3.05) is 7.11 Å². The van der Waals surface area contributed by atoms with Crippen LogP contribution in [0.4, 0.5) is 0 Å². The second kappa shape index (κ2) is 8.48. The van der Waals surface area contributed by atoms with Gasteiger partial charge in [-0.3, -0.25) is 4.79 Å². The fourth-order valence-electron chi connectivity index (χ4n) is 2.00. The summed E-state index contributed by atoms with van der Waals surface area (Å²) >= 11 is 13.6. The summed E-state index contributed by atoms with van der Waals surface area (Å²) in [6.45, 7) is 2.23. The number of halogens is 2. The quantitative estimate of drug-likeness (QED) is 0.743. The van der Waals surface area contributed by atoms with Gasteiger partial charge in [-0.15, -0.1) is 11.8 Å². The topological polar surface area (TPSA) is 38.3 Å². The molecule has 1 atom stereocenters. The van der Waals surface area contributed by atoms with Gasteiger partial charge in [-0.25, -0.2) is 0 Å². The van der Waals surface area contributed by atoms with Crippen LogP contribution in [0.25, 0.3) is 0 Å². The van der Waals surface area contributed by atoms with Gasteiger partial charge in [0.1, 0.15) is 5.75 Å². The summed E-state index contributed by atoms with van der Waals surface area (Å²) in [5, 5.41) is 3.69. The van der Waals surface area contributed by atoms with Crippen molar-refractivity contribution in [3.8, 4) is 5.75 Å². The van der Waals surface area contributed by atoms with Gasteiger partial charge >= 0.3 is 0 Å². The van der Waals surface area contributed by atoms with Crippen LogP contribution in [0.15, 0.2) is 47.4 Å². The van der Waals surface area contributed by atoms with Crippen molar-refractivity contribution in [1.29, 1.82) is 0 Å². The molecule has 0 unspecified atom stereocenters. The normalized spacial score (nSPS) is 11.8. The molecule has 122 valence electrons. The molecule has 0 aliphatic rings. The van der Waals surface area contributed by atoms with Crippen LogP contribution in [0.1, 0.15) is 12.5 Å². The highest BCUT2D eigenvalue weighted by Crippen LogP contribution is 2.36. The van der Waals surface area contributed by atoms with Gasteiger partial charge in [0, 0.05) is 17.0 Å². The summed E-state index contributed by atoms with van der Waals surface area (Å²) in [5.41, 5.74) is 0.927. The maximum atomic E-state index is 12.3. The van der Waals surface area contributed by atoms with Crippen molar-refractivity contribution in [1.82, 2.24) is 5.32 Å². The monoisotopic (exact) mass is 369 g/mol. The molecule has 6 heteroatoms. The zero-order valence-corrected chi connectivity index (χ0v) is 15.1. The Labute approximate surface area is 150 Å². The van der Waals surface area contributed by atoms with Crippen LogP contribution in [0.2, 0.25) is 10.0 Å². The molecule has 0 fully saturated rings. The van der Waals surface area contributed by atoms with E-state index in [0.717, 1.165) is 16.2 Å². The first-order valence-electron chi connectivity index (χ1n) is 7.03. The SMILES string of the molecule is COc1ccccc1CNC(=O)[C@@H](C)Sc1c(Cl)cccc1Cl. The molecule has 0 aliphatic heterocycles. The first-order valence-corrected chi connectivity index (χ1v) is 8.66. The molecule has 23 heavy (non-hydrogen) atoms. The predicted molar refractivity (Wildman–Crippen MR) is 96.6 cm³/mol. The van der Waals surface area contributed by atoms with E-state index in [1.807, 2.05) is 31.2 Å². The number of thioether (sulfide) groups is 1. The largest absolute Gasteiger partial charge is 0.496 e. The molecule has 0 bridgehead atoms. The van der Waals surface area contributed by atoms with E-state index in [0.29, 0.717) is 16.6 Å². The summed E-state index contributed by atoms with van der Waals surface area (Å²) in [4.78, 5) is 13.0. The molecule has 0 heterocycles. The fraction of sp³-hybridized carbons (Fsp3) is 0.235. The van der Waals surface area contributed by atoms with Crippen molar-refractivity contribution in [3.05, 3.63) is 58.1 Å². The maximum absolute atomic E-state index is 12.3. The lowest BCUT2D eigenvalue weighted by Gasteiger charge is -2.15. The van der Waals surface area contributed by atoms with Gasteiger partial charge in [-0.1, -0.05) is 47.5 Å². The summed E-state index contributed by atoms with van der Waals surface area (Å²) in [7, 11) is 1.61. The van der Waals surface area contributed by atoms with E-state index in [-0.39, 0.29) is 11.2 Å². The lowest BCUT2D eigenvalue weighted by Crippen LogP contribution is -2.30. The van der Waals surface area contributed by atoms with Crippen molar-refractivity contribution < 1.29 is 9.53 Å². The van der Waals surface area contributed by atoms with E-state index in [4.69, 9.17) is 27.9 Å². The molecular weight excluding hydrogens is 353 g/mol. The van der Waals surface area contributed by atoms with E-state index in [1.165, 1.54) is 11.8 Å². The molecule has 0 aromatic heterocycles. The number of rotatable bonds is 6. The Morgan fingerprint density at radius 3 is 2.48 bits per heavy atom. The number of ether oxygens (including phenoxy) is 1. The lowest BCUT2D eigenvalue weighted by atomic mass is 10.2. The third kappa shape index (κ3) is 4.80. The number of benzene rings is 2. The number of carbonyl (C=O) groups is 1. The van der Waals surface area contributed by atoms with Crippen LogP contribution < -0.4 is 10.1 Å². The molecule has 0 saturated carbocycles. The zero-order chi connectivity index (χ0) is 16.8. The van der Waals surface area contributed by atoms with Crippen LogP contribution in [-0.4, -0.2) is 18.3 Å². The Morgan fingerprint density at radius 1 is 1.17 bits per heavy atom. The zero-order valence-electron chi connectivity index (χ0n) is 12.8. The predicted octanol–water partition coefficient (Wildman–Crippen LogP) is 4.80. The Morgan fingerprint density at radius 2 is 1.83 bits per heavy atom. The second-order valence-electron chi connectivity index (χ2n) is 4.84. The molecular formula is C17H17Cl2NO2S. The fourth-order valence-corrected chi connectivity index (χ4v) is 3.57. The Bertz CT molecular complexity index is 674. The first kappa shape index (κ1) is 18.0. The molecule has 2 rings (SSSR count). The summed E-state index contributed by atoms with van der Waals surface area (Å²) < 4.78 is 5.27. The highest BCUT2D eigenvalue weighted by atomic mass is 35.5. The maximum Gasteiger partial charge on any atom is 0.233 e. The van der Waals surface area contributed by atoms with Crippen LogP contribution in [0.5, 0.6) is 5.75 Å². The van der Waals surface area contributed by atoms with Crippen molar-refractivity contribution in [2.45, 2.75) is 23.6 Å². The van der Waals surface area contributed by atoms with Crippen molar-refractivity contribution >= 4 is 40.9 Å². The minimum Gasteiger partial charge on any atom is -0.496 e. The van der Waals surface area contributed by atoms with Crippen molar-refractivity contribution in [2.24, 2.45) is 0 Å². The number of carbonyl (C=O) groups excluding carboxylic acids is 1. The van der Waals surface area contributed by atoms with E-state index in [2.05, 4.69) is 5.32 Å². The number of hydrogen-bond acceptors (Lipinski definition) is 3. The standard InChI is InChI=1S/C17H17Cl2NO2S/c1-11(23-16-13(18)7-5-8-14(16)19)17(21)20-10-12-6-3-4-9-15(12)22-2/h3-9,11H,10H2,1-2H3,(H,20,21)/t11-/m1/s1. The van der Waals surface area contributed by atoms with Gasteiger partial charge in [0.05, 0.1) is 22.4 Å². The average Bonchev–Trinajstić information content (AvgIpc) is 2.56. The minimum atomic E-state index is -0.317. The minimum absolute atomic E-state index is 0.0862. The lowest BCUT2D eigenvalue weighted by molar-refractivity contribution is -0.120. The smallest absolute Gasteiger partial charge is 0.233 e. The molecule has 2 aromatic rings.